The summed E-state index contributed by atoms with van der Waals surface area (Å²) in [6.45, 7) is 3.45. The molecule has 0 fully saturated rings. The van der Waals surface area contributed by atoms with Crippen LogP contribution in [-0.4, -0.2) is 40.0 Å². The number of phenols is 1. The molecule has 0 radical (unpaired) electrons. The molecule has 4 N–H and O–H groups in total. The number of amidine groups is 1. The summed E-state index contributed by atoms with van der Waals surface area (Å²) >= 11 is 0. The van der Waals surface area contributed by atoms with E-state index in [1.807, 2.05) is 6.92 Å². The molecular formula is C12H17N3O3. The van der Waals surface area contributed by atoms with Gasteiger partial charge in [-0.25, -0.2) is 0 Å². The number of benzene rings is 1. The number of oxime groups is 1. The van der Waals surface area contributed by atoms with Crippen LogP contribution < -0.4 is 5.73 Å². The van der Waals surface area contributed by atoms with Crippen molar-refractivity contribution in [2.75, 3.05) is 7.05 Å². The second kappa shape index (κ2) is 5.39. The van der Waals surface area contributed by atoms with E-state index >= 15 is 0 Å². The summed E-state index contributed by atoms with van der Waals surface area (Å²) in [6, 6.07) is 4.19. The smallest absolute Gasteiger partial charge is 0.257 e. The SMILES string of the molecule is Cc1ccc(O)c(C(=O)N(C)C(C)C(N)=NO)c1. The molecule has 1 aromatic carbocycles. The first kappa shape index (κ1) is 13.8. The van der Waals surface area contributed by atoms with Crippen molar-refractivity contribution < 1.29 is 15.1 Å². The van der Waals surface area contributed by atoms with E-state index in [9.17, 15) is 9.90 Å². The molecule has 6 heteroatoms. The maximum absolute atomic E-state index is 12.2. The standard InChI is InChI=1S/C12H17N3O3/c1-7-4-5-10(16)9(6-7)12(17)15(3)8(2)11(13)14-18/h4-6,8,16,18H,1-3H3,(H2,13,14). The van der Waals surface area contributed by atoms with Crippen molar-refractivity contribution in [3.05, 3.63) is 29.3 Å². The minimum atomic E-state index is -0.567. The van der Waals surface area contributed by atoms with Crippen molar-refractivity contribution in [1.82, 2.24) is 4.90 Å². The number of amides is 1. The maximum Gasteiger partial charge on any atom is 0.257 e. The number of aromatic hydroxyl groups is 1. The number of nitrogens with zero attached hydrogens (tertiary/aromatic N) is 2. The first-order valence-electron chi connectivity index (χ1n) is 5.42. The van der Waals surface area contributed by atoms with E-state index in [0.717, 1.165) is 5.56 Å². The quantitative estimate of drug-likeness (QED) is 0.322. The highest BCUT2D eigenvalue weighted by atomic mass is 16.4. The number of carbonyl (C=O) groups excluding carboxylic acids is 1. The second-order valence-corrected chi connectivity index (χ2v) is 4.14. The summed E-state index contributed by atoms with van der Waals surface area (Å²) in [6.07, 6.45) is 0. The van der Waals surface area contributed by atoms with Gasteiger partial charge in [0.15, 0.2) is 5.84 Å². The fourth-order valence-corrected chi connectivity index (χ4v) is 1.47. The van der Waals surface area contributed by atoms with Gasteiger partial charge in [-0.1, -0.05) is 16.8 Å². The molecule has 98 valence electrons. The van der Waals surface area contributed by atoms with Crippen LogP contribution in [0.1, 0.15) is 22.8 Å². The number of nitrogens with two attached hydrogens (primary N) is 1. The molecule has 0 heterocycles. The first-order valence-corrected chi connectivity index (χ1v) is 5.42. The Kier molecular flexibility index (Phi) is 4.14. The summed E-state index contributed by atoms with van der Waals surface area (Å²) in [5.41, 5.74) is 6.50. The van der Waals surface area contributed by atoms with Crippen LogP contribution in [0.25, 0.3) is 0 Å². The summed E-state index contributed by atoms with van der Waals surface area (Å²) in [5.74, 6) is -0.558. The van der Waals surface area contributed by atoms with E-state index in [4.69, 9.17) is 10.9 Å². The molecule has 1 amide bonds. The summed E-state index contributed by atoms with van der Waals surface area (Å²) in [7, 11) is 1.52. The zero-order valence-electron chi connectivity index (χ0n) is 10.6. The number of hydrogen-bond donors (Lipinski definition) is 3. The lowest BCUT2D eigenvalue weighted by atomic mass is 10.1. The number of phenolic OH excluding ortho intramolecular Hbond substituents is 1. The average molecular weight is 251 g/mol. The van der Waals surface area contributed by atoms with Gasteiger partial charge in [-0.05, 0) is 26.0 Å². The Balaban J connectivity index is 3.03. The lowest BCUT2D eigenvalue weighted by Crippen LogP contribution is -2.43. The van der Waals surface area contributed by atoms with Crippen LogP contribution >= 0.6 is 0 Å². The molecular weight excluding hydrogens is 234 g/mol. The molecule has 1 unspecified atom stereocenters. The Bertz CT molecular complexity index is 485. The third kappa shape index (κ3) is 2.71. The van der Waals surface area contributed by atoms with Crippen molar-refractivity contribution in [2.45, 2.75) is 19.9 Å². The summed E-state index contributed by atoms with van der Waals surface area (Å²) in [4.78, 5) is 13.4. The molecule has 0 spiro atoms. The molecule has 0 aliphatic rings. The van der Waals surface area contributed by atoms with Crippen LogP contribution in [0.15, 0.2) is 23.4 Å². The van der Waals surface area contributed by atoms with Crippen molar-refractivity contribution >= 4 is 11.7 Å². The van der Waals surface area contributed by atoms with Crippen LogP contribution in [0.3, 0.4) is 0 Å². The van der Waals surface area contributed by atoms with Crippen molar-refractivity contribution in [3.8, 4) is 5.75 Å². The van der Waals surface area contributed by atoms with Crippen LogP contribution in [0.5, 0.6) is 5.75 Å². The van der Waals surface area contributed by atoms with Crippen LogP contribution in [-0.2, 0) is 0 Å². The molecule has 0 aliphatic heterocycles. The topological polar surface area (TPSA) is 99.2 Å². The molecule has 0 saturated heterocycles. The molecule has 18 heavy (non-hydrogen) atoms. The molecule has 1 atom stereocenters. The zero-order valence-corrected chi connectivity index (χ0v) is 10.6. The number of likely N-dealkylation sites (N-methyl/N-ethyl adjacent to an activating group) is 1. The largest absolute Gasteiger partial charge is 0.507 e. The second-order valence-electron chi connectivity index (χ2n) is 4.14. The van der Waals surface area contributed by atoms with Gasteiger partial charge in [0.1, 0.15) is 5.75 Å². The molecule has 0 bridgehead atoms. The van der Waals surface area contributed by atoms with Gasteiger partial charge >= 0.3 is 0 Å². The third-order valence-corrected chi connectivity index (χ3v) is 2.83. The lowest BCUT2D eigenvalue weighted by molar-refractivity contribution is 0.0773. The molecule has 1 rings (SSSR count). The van der Waals surface area contributed by atoms with Crippen LogP contribution in [0.2, 0.25) is 0 Å². The normalized spacial score (nSPS) is 13.2. The Hall–Kier alpha value is -2.24. The zero-order chi connectivity index (χ0) is 13.9. The van der Waals surface area contributed by atoms with E-state index in [-0.39, 0.29) is 17.1 Å². The highest BCUT2D eigenvalue weighted by molar-refractivity contribution is 6.00. The number of hydrogen-bond acceptors (Lipinski definition) is 4. The fourth-order valence-electron chi connectivity index (χ4n) is 1.47. The minimum absolute atomic E-state index is 0.0713. The van der Waals surface area contributed by atoms with Crippen LogP contribution in [0, 0.1) is 6.92 Å². The van der Waals surface area contributed by atoms with Gasteiger partial charge in [-0.2, -0.15) is 0 Å². The monoisotopic (exact) mass is 251 g/mol. The van der Waals surface area contributed by atoms with Gasteiger partial charge in [-0.3, -0.25) is 4.79 Å². The highest BCUT2D eigenvalue weighted by Crippen LogP contribution is 2.20. The summed E-state index contributed by atoms with van der Waals surface area (Å²) in [5, 5.41) is 21.1. The third-order valence-electron chi connectivity index (χ3n) is 2.83. The molecule has 1 aromatic rings. The molecule has 0 aliphatic carbocycles. The van der Waals surface area contributed by atoms with Crippen molar-refractivity contribution in [3.63, 3.8) is 0 Å². The maximum atomic E-state index is 12.2. The molecule has 0 aromatic heterocycles. The Morgan fingerprint density at radius 2 is 2.11 bits per heavy atom. The Labute approximate surface area is 105 Å². The minimum Gasteiger partial charge on any atom is -0.507 e. The fraction of sp³-hybridized carbons (Fsp3) is 0.333. The van der Waals surface area contributed by atoms with Crippen LogP contribution in [0.4, 0.5) is 0 Å². The summed E-state index contributed by atoms with van der Waals surface area (Å²) < 4.78 is 0. The molecule has 0 saturated carbocycles. The molecule has 6 nitrogen and oxygen atoms in total. The van der Waals surface area contributed by atoms with Gasteiger partial charge in [0.25, 0.3) is 5.91 Å². The van der Waals surface area contributed by atoms with E-state index in [0.29, 0.717) is 0 Å². The van der Waals surface area contributed by atoms with Crippen molar-refractivity contribution in [2.24, 2.45) is 10.9 Å². The Morgan fingerprint density at radius 3 is 2.67 bits per heavy atom. The van der Waals surface area contributed by atoms with E-state index < -0.39 is 11.9 Å². The predicted octanol–water partition coefficient (Wildman–Crippen LogP) is 0.908. The Morgan fingerprint density at radius 1 is 1.50 bits per heavy atom. The lowest BCUT2D eigenvalue weighted by Gasteiger charge is -2.24. The predicted molar refractivity (Wildman–Crippen MR) is 67.8 cm³/mol. The van der Waals surface area contributed by atoms with E-state index in [1.165, 1.54) is 18.0 Å². The van der Waals surface area contributed by atoms with Crippen molar-refractivity contribution in [1.29, 1.82) is 0 Å². The van der Waals surface area contributed by atoms with Gasteiger partial charge in [0.05, 0.1) is 11.6 Å². The average Bonchev–Trinajstić information content (AvgIpc) is 2.38. The van der Waals surface area contributed by atoms with E-state index in [1.54, 1.807) is 19.1 Å². The van der Waals surface area contributed by atoms with Gasteiger partial charge in [0, 0.05) is 7.05 Å². The number of rotatable bonds is 3. The number of carbonyl (C=O) groups is 1. The van der Waals surface area contributed by atoms with Gasteiger partial charge in [0.2, 0.25) is 0 Å². The number of aryl methyl sites for hydroxylation is 1. The van der Waals surface area contributed by atoms with Gasteiger partial charge < -0.3 is 20.9 Å². The van der Waals surface area contributed by atoms with Gasteiger partial charge in [-0.15, -0.1) is 0 Å². The highest BCUT2D eigenvalue weighted by Gasteiger charge is 2.22. The first-order chi connectivity index (χ1) is 8.38. The van der Waals surface area contributed by atoms with E-state index in [2.05, 4.69) is 5.16 Å².